The summed E-state index contributed by atoms with van der Waals surface area (Å²) in [7, 11) is -0.365. The zero-order chi connectivity index (χ0) is 10.1. The van der Waals surface area contributed by atoms with E-state index in [2.05, 4.69) is 4.98 Å². The van der Waals surface area contributed by atoms with Crippen LogP contribution in [0.3, 0.4) is 0 Å². The molecule has 4 heteroatoms. The molecule has 0 spiro atoms. The number of aromatic nitrogens is 1. The standard InChI is InChI=1S/C11H8BNO2/c1-2-5-9(6-3-1)12-14-10-7-4-8-13-11(10)15-12/h1-8H. The minimum Gasteiger partial charge on any atom is -0.518 e. The first-order chi connectivity index (χ1) is 7.43. The van der Waals surface area contributed by atoms with Crippen LogP contribution in [0.5, 0.6) is 11.6 Å². The van der Waals surface area contributed by atoms with Gasteiger partial charge in [0, 0.05) is 11.7 Å². The van der Waals surface area contributed by atoms with Gasteiger partial charge in [0.05, 0.1) is 0 Å². The number of pyridine rings is 1. The Bertz CT molecular complexity index is 450. The van der Waals surface area contributed by atoms with E-state index in [0.29, 0.717) is 11.6 Å². The van der Waals surface area contributed by atoms with E-state index in [4.69, 9.17) is 9.31 Å². The van der Waals surface area contributed by atoms with Crippen LogP contribution in [0.15, 0.2) is 48.7 Å². The predicted octanol–water partition coefficient (Wildman–Crippen LogP) is 1.25. The highest BCUT2D eigenvalue weighted by atomic mass is 16.6. The molecule has 3 rings (SSSR count). The monoisotopic (exact) mass is 197 g/mol. The molecule has 0 fully saturated rings. The Morgan fingerprint density at radius 1 is 0.933 bits per heavy atom. The summed E-state index contributed by atoms with van der Waals surface area (Å²) >= 11 is 0. The van der Waals surface area contributed by atoms with Gasteiger partial charge in [0.15, 0.2) is 5.75 Å². The largest absolute Gasteiger partial charge is 0.633 e. The van der Waals surface area contributed by atoms with Crippen molar-refractivity contribution in [3.05, 3.63) is 48.7 Å². The lowest BCUT2D eigenvalue weighted by molar-refractivity contribution is 0.512. The van der Waals surface area contributed by atoms with E-state index < -0.39 is 0 Å². The summed E-state index contributed by atoms with van der Waals surface area (Å²) < 4.78 is 11.2. The minimum absolute atomic E-state index is 0.365. The van der Waals surface area contributed by atoms with E-state index in [0.717, 1.165) is 5.46 Å². The molecule has 1 aliphatic heterocycles. The maximum Gasteiger partial charge on any atom is 0.633 e. The van der Waals surface area contributed by atoms with Gasteiger partial charge in [-0.25, -0.2) is 4.98 Å². The van der Waals surface area contributed by atoms with E-state index >= 15 is 0 Å². The second-order valence-electron chi connectivity index (χ2n) is 3.29. The fourth-order valence-corrected chi connectivity index (χ4v) is 1.54. The fourth-order valence-electron chi connectivity index (χ4n) is 1.54. The summed E-state index contributed by atoms with van der Waals surface area (Å²) in [5.74, 6) is 1.26. The van der Waals surface area contributed by atoms with Crippen LogP contribution < -0.4 is 14.8 Å². The molecule has 1 aromatic carbocycles. The van der Waals surface area contributed by atoms with E-state index in [1.54, 1.807) is 6.20 Å². The lowest BCUT2D eigenvalue weighted by atomic mass is 9.79. The van der Waals surface area contributed by atoms with Crippen molar-refractivity contribution < 1.29 is 9.31 Å². The van der Waals surface area contributed by atoms with Crippen LogP contribution >= 0.6 is 0 Å². The molecule has 0 bridgehead atoms. The molecule has 0 amide bonds. The van der Waals surface area contributed by atoms with Crippen molar-refractivity contribution in [3.63, 3.8) is 0 Å². The summed E-state index contributed by atoms with van der Waals surface area (Å²) in [6.45, 7) is 0. The van der Waals surface area contributed by atoms with E-state index in [9.17, 15) is 0 Å². The average Bonchev–Trinajstić information content (AvgIpc) is 2.74. The first kappa shape index (κ1) is 8.35. The summed E-state index contributed by atoms with van der Waals surface area (Å²) in [5, 5.41) is 0. The lowest BCUT2D eigenvalue weighted by Crippen LogP contribution is -2.38. The number of rotatable bonds is 1. The highest BCUT2D eigenvalue weighted by Crippen LogP contribution is 2.29. The van der Waals surface area contributed by atoms with Gasteiger partial charge in [-0.05, 0) is 12.1 Å². The van der Waals surface area contributed by atoms with Crippen molar-refractivity contribution in [3.8, 4) is 11.6 Å². The van der Waals surface area contributed by atoms with Gasteiger partial charge < -0.3 is 9.31 Å². The Morgan fingerprint density at radius 2 is 1.80 bits per heavy atom. The van der Waals surface area contributed by atoms with Crippen molar-refractivity contribution in [2.75, 3.05) is 0 Å². The SMILES string of the molecule is c1ccc(B2Oc3cccnc3O2)cc1. The second kappa shape index (κ2) is 3.31. The Morgan fingerprint density at radius 3 is 2.60 bits per heavy atom. The Hall–Kier alpha value is -1.97. The van der Waals surface area contributed by atoms with E-state index in [1.165, 1.54) is 0 Å². The van der Waals surface area contributed by atoms with Crippen LogP contribution in [-0.2, 0) is 0 Å². The molecule has 2 heterocycles. The molecule has 0 aliphatic carbocycles. The van der Waals surface area contributed by atoms with Crippen LogP contribution in [0.25, 0.3) is 0 Å². The summed E-state index contributed by atoms with van der Waals surface area (Å²) in [6.07, 6.45) is 1.69. The molecule has 72 valence electrons. The number of nitrogens with zero attached hydrogens (tertiary/aromatic N) is 1. The summed E-state index contributed by atoms with van der Waals surface area (Å²) in [6, 6.07) is 13.5. The van der Waals surface area contributed by atoms with Gasteiger partial charge in [0.25, 0.3) is 0 Å². The van der Waals surface area contributed by atoms with Crippen LogP contribution in [-0.4, -0.2) is 12.1 Å². The number of hydrogen-bond acceptors (Lipinski definition) is 3. The van der Waals surface area contributed by atoms with Crippen molar-refractivity contribution in [2.45, 2.75) is 0 Å². The fraction of sp³-hybridized carbons (Fsp3) is 0. The van der Waals surface area contributed by atoms with E-state index in [1.807, 2.05) is 42.5 Å². The summed E-state index contributed by atoms with van der Waals surface area (Å²) in [4.78, 5) is 4.09. The molecule has 1 aromatic heterocycles. The average molecular weight is 197 g/mol. The van der Waals surface area contributed by atoms with E-state index in [-0.39, 0.29) is 7.12 Å². The lowest BCUT2D eigenvalue weighted by Gasteiger charge is -2.02. The maximum absolute atomic E-state index is 5.61. The van der Waals surface area contributed by atoms with Gasteiger partial charge in [-0.2, -0.15) is 0 Å². The highest BCUT2D eigenvalue weighted by molar-refractivity contribution is 6.63. The molecule has 15 heavy (non-hydrogen) atoms. The second-order valence-corrected chi connectivity index (χ2v) is 3.29. The molecule has 0 saturated carbocycles. The van der Waals surface area contributed by atoms with Crippen LogP contribution in [0.1, 0.15) is 0 Å². The van der Waals surface area contributed by atoms with Crippen molar-refractivity contribution in [1.29, 1.82) is 0 Å². The van der Waals surface area contributed by atoms with Crippen molar-refractivity contribution in [2.24, 2.45) is 0 Å². The van der Waals surface area contributed by atoms with Crippen LogP contribution in [0.4, 0.5) is 0 Å². The third-order valence-electron chi connectivity index (χ3n) is 2.26. The number of fused-ring (bicyclic) bond motifs is 1. The van der Waals surface area contributed by atoms with Gasteiger partial charge in [0.2, 0.25) is 5.88 Å². The normalized spacial score (nSPS) is 12.9. The zero-order valence-corrected chi connectivity index (χ0v) is 7.96. The van der Waals surface area contributed by atoms with Crippen LogP contribution in [0.2, 0.25) is 0 Å². The number of benzene rings is 1. The molecule has 0 radical (unpaired) electrons. The minimum atomic E-state index is -0.365. The third kappa shape index (κ3) is 1.44. The molecule has 0 saturated heterocycles. The zero-order valence-electron chi connectivity index (χ0n) is 7.96. The molecule has 1 aliphatic rings. The molecule has 0 N–H and O–H groups in total. The van der Waals surface area contributed by atoms with Gasteiger partial charge >= 0.3 is 7.12 Å². The van der Waals surface area contributed by atoms with Gasteiger partial charge in [-0.3, -0.25) is 0 Å². The molecule has 0 unspecified atom stereocenters. The summed E-state index contributed by atoms with van der Waals surface area (Å²) in [5.41, 5.74) is 0.996. The molecular weight excluding hydrogens is 189 g/mol. The van der Waals surface area contributed by atoms with Crippen molar-refractivity contribution in [1.82, 2.24) is 4.98 Å². The smallest absolute Gasteiger partial charge is 0.518 e. The Balaban J connectivity index is 1.91. The molecule has 0 atom stereocenters. The first-order valence-corrected chi connectivity index (χ1v) is 4.77. The topological polar surface area (TPSA) is 31.4 Å². The van der Waals surface area contributed by atoms with Gasteiger partial charge in [-0.15, -0.1) is 0 Å². The predicted molar refractivity (Wildman–Crippen MR) is 57.3 cm³/mol. The quantitative estimate of drug-likeness (QED) is 0.644. The molecular formula is C11H8BNO2. The highest BCUT2D eigenvalue weighted by Gasteiger charge is 2.34. The maximum atomic E-state index is 5.61. The van der Waals surface area contributed by atoms with Crippen molar-refractivity contribution >= 4 is 12.6 Å². The Labute approximate surface area is 87.8 Å². The van der Waals surface area contributed by atoms with Crippen LogP contribution in [0, 0.1) is 0 Å². The third-order valence-corrected chi connectivity index (χ3v) is 2.26. The Kier molecular flexibility index (Phi) is 1.84. The number of hydrogen-bond donors (Lipinski definition) is 0. The van der Waals surface area contributed by atoms with Gasteiger partial charge in [0.1, 0.15) is 0 Å². The molecule has 2 aromatic rings. The molecule has 3 nitrogen and oxygen atoms in total. The van der Waals surface area contributed by atoms with Gasteiger partial charge in [-0.1, -0.05) is 30.3 Å². The first-order valence-electron chi connectivity index (χ1n) is 4.77.